The van der Waals surface area contributed by atoms with Crippen LogP contribution in [0.3, 0.4) is 0 Å². The first-order valence-corrected chi connectivity index (χ1v) is 6.07. The summed E-state index contributed by atoms with van der Waals surface area (Å²) < 4.78 is 37.8. The van der Waals surface area contributed by atoms with Crippen LogP contribution in [-0.2, 0) is 6.54 Å². The Labute approximate surface area is 113 Å². The summed E-state index contributed by atoms with van der Waals surface area (Å²) in [7, 11) is 0. The third-order valence-electron chi connectivity index (χ3n) is 2.93. The van der Waals surface area contributed by atoms with Crippen molar-refractivity contribution in [2.45, 2.75) is 32.5 Å². The first-order chi connectivity index (χ1) is 9.38. The monoisotopic (exact) mass is 285 g/mol. The average molecular weight is 285 g/mol. The number of aryl methyl sites for hydroxylation is 2. The highest BCUT2D eigenvalue weighted by molar-refractivity contribution is 5.73. The van der Waals surface area contributed by atoms with Crippen LogP contribution in [0.5, 0.6) is 0 Å². The van der Waals surface area contributed by atoms with Gasteiger partial charge in [0.2, 0.25) is 0 Å². The summed E-state index contributed by atoms with van der Waals surface area (Å²) >= 11 is 0. The lowest BCUT2D eigenvalue weighted by Crippen LogP contribution is -2.11. The van der Waals surface area contributed by atoms with E-state index < -0.39 is 12.6 Å². The van der Waals surface area contributed by atoms with E-state index in [1.165, 1.54) is 4.68 Å². The highest BCUT2D eigenvalue weighted by atomic mass is 19.4. The van der Waals surface area contributed by atoms with E-state index >= 15 is 0 Å². The third kappa shape index (κ3) is 3.25. The molecule has 5 nitrogen and oxygen atoms in total. The van der Waals surface area contributed by atoms with Gasteiger partial charge in [-0.15, -0.1) is 5.10 Å². The Morgan fingerprint density at radius 2 is 2.05 bits per heavy atom. The molecule has 2 aromatic rings. The molecule has 0 unspecified atom stereocenters. The molecule has 0 amide bonds. The molecule has 2 N–H and O–H groups in total. The van der Waals surface area contributed by atoms with Gasteiger partial charge in [0.05, 0.1) is 0 Å². The molecule has 0 saturated heterocycles. The number of rotatable bonds is 4. The second-order valence-corrected chi connectivity index (χ2v) is 4.48. The highest BCUT2D eigenvalue weighted by Gasteiger charge is 2.26. The standard InChI is InChI=1S/C12H14F3N5/c1-8-4-2-5-9(10(8)16)11-17-18-19-20(11)7-3-6-12(13,14)15/h2,4-5H,3,6-7,16H2,1H3. The summed E-state index contributed by atoms with van der Waals surface area (Å²) in [5, 5.41) is 11.1. The summed E-state index contributed by atoms with van der Waals surface area (Å²) in [5.74, 6) is 0.383. The lowest BCUT2D eigenvalue weighted by molar-refractivity contribution is -0.136. The predicted molar refractivity (Wildman–Crippen MR) is 67.7 cm³/mol. The van der Waals surface area contributed by atoms with Gasteiger partial charge < -0.3 is 5.73 Å². The Morgan fingerprint density at radius 1 is 1.30 bits per heavy atom. The maximum absolute atomic E-state index is 12.1. The number of para-hydroxylation sites is 1. The molecule has 0 saturated carbocycles. The molecule has 0 bridgehead atoms. The van der Waals surface area contributed by atoms with Gasteiger partial charge in [-0.3, -0.25) is 0 Å². The Bertz CT molecular complexity index is 591. The largest absolute Gasteiger partial charge is 0.398 e. The molecule has 20 heavy (non-hydrogen) atoms. The Morgan fingerprint density at radius 3 is 2.75 bits per heavy atom. The van der Waals surface area contributed by atoms with E-state index in [-0.39, 0.29) is 13.0 Å². The van der Waals surface area contributed by atoms with Crippen LogP contribution in [0.2, 0.25) is 0 Å². The molecule has 1 aromatic heterocycles. The van der Waals surface area contributed by atoms with E-state index in [0.717, 1.165) is 5.56 Å². The van der Waals surface area contributed by atoms with Crippen LogP contribution in [0.25, 0.3) is 11.4 Å². The van der Waals surface area contributed by atoms with Gasteiger partial charge in [0.25, 0.3) is 0 Å². The van der Waals surface area contributed by atoms with Crippen molar-refractivity contribution in [1.82, 2.24) is 20.2 Å². The van der Waals surface area contributed by atoms with E-state index in [9.17, 15) is 13.2 Å². The summed E-state index contributed by atoms with van der Waals surface area (Å²) in [4.78, 5) is 0. The number of halogens is 3. The number of hydrogen-bond acceptors (Lipinski definition) is 4. The second-order valence-electron chi connectivity index (χ2n) is 4.48. The summed E-state index contributed by atoms with van der Waals surface area (Å²) in [5.41, 5.74) is 7.97. The minimum Gasteiger partial charge on any atom is -0.398 e. The zero-order valence-corrected chi connectivity index (χ0v) is 10.9. The van der Waals surface area contributed by atoms with Crippen LogP contribution < -0.4 is 5.73 Å². The van der Waals surface area contributed by atoms with Crippen LogP contribution in [0.15, 0.2) is 18.2 Å². The fourth-order valence-corrected chi connectivity index (χ4v) is 1.85. The van der Waals surface area contributed by atoms with E-state index in [0.29, 0.717) is 17.1 Å². The van der Waals surface area contributed by atoms with Crippen LogP contribution >= 0.6 is 0 Å². The number of tetrazole rings is 1. The van der Waals surface area contributed by atoms with Crippen molar-refractivity contribution in [1.29, 1.82) is 0 Å². The molecule has 0 aliphatic rings. The topological polar surface area (TPSA) is 69.6 Å². The molecular formula is C12H14F3N5. The molecule has 0 aliphatic carbocycles. The zero-order valence-electron chi connectivity index (χ0n) is 10.9. The zero-order chi connectivity index (χ0) is 14.8. The second kappa shape index (κ2) is 5.48. The molecule has 108 valence electrons. The number of alkyl halides is 3. The number of nitrogen functional groups attached to an aromatic ring is 1. The van der Waals surface area contributed by atoms with Crippen molar-refractivity contribution in [3.05, 3.63) is 23.8 Å². The van der Waals surface area contributed by atoms with Gasteiger partial charge in [-0.2, -0.15) is 13.2 Å². The average Bonchev–Trinajstić information content (AvgIpc) is 2.79. The van der Waals surface area contributed by atoms with Gasteiger partial charge in [-0.25, -0.2) is 4.68 Å². The Kier molecular flexibility index (Phi) is 3.91. The lowest BCUT2D eigenvalue weighted by atomic mass is 10.1. The molecule has 8 heteroatoms. The quantitative estimate of drug-likeness (QED) is 0.876. The normalized spacial score (nSPS) is 11.8. The van der Waals surface area contributed by atoms with Crippen LogP contribution in [-0.4, -0.2) is 26.4 Å². The number of hydrogen-bond donors (Lipinski definition) is 1. The SMILES string of the molecule is Cc1cccc(-c2nnnn2CCCC(F)(F)F)c1N. The van der Waals surface area contributed by atoms with Crippen LogP contribution in [0.4, 0.5) is 18.9 Å². The maximum atomic E-state index is 12.1. The summed E-state index contributed by atoms with van der Waals surface area (Å²) in [6, 6.07) is 5.39. The van der Waals surface area contributed by atoms with E-state index in [1.807, 2.05) is 13.0 Å². The van der Waals surface area contributed by atoms with E-state index in [1.54, 1.807) is 12.1 Å². The van der Waals surface area contributed by atoms with Gasteiger partial charge in [0.15, 0.2) is 5.82 Å². The predicted octanol–water partition coefficient (Wildman–Crippen LogP) is 2.57. The van der Waals surface area contributed by atoms with Crippen molar-refractivity contribution >= 4 is 5.69 Å². The van der Waals surface area contributed by atoms with Crippen LogP contribution in [0, 0.1) is 6.92 Å². The lowest BCUT2D eigenvalue weighted by Gasteiger charge is -2.09. The van der Waals surface area contributed by atoms with Crippen molar-refractivity contribution in [3.8, 4) is 11.4 Å². The minimum absolute atomic E-state index is 0.0761. The molecule has 0 aliphatic heterocycles. The number of aromatic nitrogens is 4. The molecule has 0 spiro atoms. The van der Waals surface area contributed by atoms with Gasteiger partial charge in [-0.1, -0.05) is 12.1 Å². The van der Waals surface area contributed by atoms with Gasteiger partial charge in [0.1, 0.15) is 0 Å². The molecule has 0 radical (unpaired) electrons. The molecular weight excluding hydrogens is 271 g/mol. The van der Waals surface area contributed by atoms with Gasteiger partial charge in [-0.05, 0) is 35.4 Å². The summed E-state index contributed by atoms with van der Waals surface area (Å²) in [6.07, 6.45) is -5.11. The number of anilines is 1. The molecule has 0 atom stereocenters. The summed E-state index contributed by atoms with van der Waals surface area (Å²) in [6.45, 7) is 1.94. The van der Waals surface area contributed by atoms with Crippen molar-refractivity contribution in [2.75, 3.05) is 5.73 Å². The number of benzene rings is 1. The van der Waals surface area contributed by atoms with Crippen molar-refractivity contribution < 1.29 is 13.2 Å². The fraction of sp³-hybridized carbons (Fsp3) is 0.417. The first kappa shape index (κ1) is 14.3. The molecule has 2 rings (SSSR count). The molecule has 1 heterocycles. The molecule has 1 aromatic carbocycles. The fourth-order valence-electron chi connectivity index (χ4n) is 1.85. The highest BCUT2D eigenvalue weighted by Crippen LogP contribution is 2.27. The Balaban J connectivity index is 2.18. The van der Waals surface area contributed by atoms with E-state index in [4.69, 9.17) is 5.73 Å². The number of nitrogens with zero attached hydrogens (tertiary/aromatic N) is 4. The maximum Gasteiger partial charge on any atom is 0.389 e. The van der Waals surface area contributed by atoms with E-state index in [2.05, 4.69) is 15.5 Å². The Hall–Kier alpha value is -2.12. The van der Waals surface area contributed by atoms with Crippen LogP contribution in [0.1, 0.15) is 18.4 Å². The molecule has 0 fully saturated rings. The smallest absolute Gasteiger partial charge is 0.389 e. The minimum atomic E-state index is -4.17. The van der Waals surface area contributed by atoms with Crippen molar-refractivity contribution in [3.63, 3.8) is 0 Å². The van der Waals surface area contributed by atoms with Gasteiger partial charge in [0, 0.05) is 24.2 Å². The third-order valence-corrected chi connectivity index (χ3v) is 2.93. The van der Waals surface area contributed by atoms with Crippen molar-refractivity contribution in [2.24, 2.45) is 0 Å². The van der Waals surface area contributed by atoms with Gasteiger partial charge >= 0.3 is 6.18 Å². The first-order valence-electron chi connectivity index (χ1n) is 6.07. The number of nitrogens with two attached hydrogens (primary N) is 1.